The Morgan fingerprint density at radius 2 is 2.44 bits per heavy atom. The monoisotopic (exact) mass is 122 g/mol. The summed E-state index contributed by atoms with van der Waals surface area (Å²) in [7, 11) is 0. The molecule has 2 rings (SSSR count). The summed E-state index contributed by atoms with van der Waals surface area (Å²) in [6.07, 6.45) is 7.66. The van der Waals surface area contributed by atoms with Crippen molar-refractivity contribution in [2.24, 2.45) is 4.99 Å². The van der Waals surface area contributed by atoms with Gasteiger partial charge in [0.1, 0.15) is 5.84 Å². The van der Waals surface area contributed by atoms with Gasteiger partial charge >= 0.3 is 0 Å². The molecule has 0 bridgehead atoms. The van der Waals surface area contributed by atoms with Crippen LogP contribution in [0.1, 0.15) is 19.3 Å². The molecule has 1 saturated carbocycles. The molecule has 2 aliphatic rings. The highest BCUT2D eigenvalue weighted by Gasteiger charge is 2.20. The number of amidine groups is 1. The van der Waals surface area contributed by atoms with E-state index < -0.39 is 0 Å². The first kappa shape index (κ1) is 5.03. The van der Waals surface area contributed by atoms with Gasteiger partial charge < -0.3 is 5.32 Å². The summed E-state index contributed by atoms with van der Waals surface area (Å²) < 4.78 is 0. The third-order valence-electron chi connectivity index (χ3n) is 1.56. The van der Waals surface area contributed by atoms with Gasteiger partial charge in [0.2, 0.25) is 0 Å². The molecular weight excluding hydrogens is 112 g/mol. The van der Waals surface area contributed by atoms with Crippen LogP contribution in [0.25, 0.3) is 0 Å². The Balaban J connectivity index is 1.96. The van der Waals surface area contributed by atoms with Crippen molar-refractivity contribution in [2.45, 2.75) is 25.3 Å². The van der Waals surface area contributed by atoms with Gasteiger partial charge in [0.05, 0.1) is 6.04 Å². The van der Waals surface area contributed by atoms with Crippen LogP contribution in [-0.4, -0.2) is 11.9 Å². The van der Waals surface area contributed by atoms with Crippen molar-refractivity contribution in [2.75, 3.05) is 0 Å². The van der Waals surface area contributed by atoms with Gasteiger partial charge in [0, 0.05) is 6.42 Å². The minimum absolute atomic E-state index is 0.660. The molecule has 1 fully saturated rings. The molecule has 1 aliphatic carbocycles. The zero-order chi connectivity index (χ0) is 6.10. The predicted octanol–water partition coefficient (Wildman–Crippen LogP) is 1.05. The van der Waals surface area contributed by atoms with E-state index in [0.29, 0.717) is 6.04 Å². The van der Waals surface area contributed by atoms with Gasteiger partial charge in [-0.3, -0.25) is 4.99 Å². The minimum atomic E-state index is 0.660. The topological polar surface area (TPSA) is 24.4 Å². The van der Waals surface area contributed by atoms with Gasteiger partial charge in [0.25, 0.3) is 0 Å². The minimum Gasteiger partial charge on any atom is -0.350 e. The fraction of sp³-hybridized carbons (Fsp3) is 0.571. The maximum atomic E-state index is 4.43. The Bertz CT molecular complexity index is 156. The number of aliphatic imine (C=N–C) groups is 1. The lowest BCUT2D eigenvalue weighted by Crippen LogP contribution is -2.11. The van der Waals surface area contributed by atoms with Gasteiger partial charge in [-0.25, -0.2) is 0 Å². The molecule has 0 aromatic rings. The second-order valence-corrected chi connectivity index (χ2v) is 2.56. The number of hydrogen-bond donors (Lipinski definition) is 1. The second kappa shape index (κ2) is 1.87. The number of nitrogens with zero attached hydrogens (tertiary/aromatic N) is 1. The molecule has 0 saturated heterocycles. The number of nitrogens with one attached hydrogen (secondary N) is 1. The van der Waals surface area contributed by atoms with Crippen molar-refractivity contribution < 1.29 is 0 Å². The number of rotatable bonds is 1. The molecule has 1 N–H and O–H groups in total. The Morgan fingerprint density at radius 3 is 3.00 bits per heavy atom. The molecule has 1 aliphatic heterocycles. The largest absolute Gasteiger partial charge is 0.350 e. The average molecular weight is 122 g/mol. The summed E-state index contributed by atoms with van der Waals surface area (Å²) in [5.41, 5.74) is 0. The molecule has 0 amide bonds. The van der Waals surface area contributed by atoms with E-state index in [4.69, 9.17) is 0 Å². The van der Waals surface area contributed by atoms with Gasteiger partial charge in [-0.1, -0.05) is 6.08 Å². The number of hydrogen-bond acceptors (Lipinski definition) is 1. The van der Waals surface area contributed by atoms with Crippen LogP contribution in [0.4, 0.5) is 0 Å². The van der Waals surface area contributed by atoms with Gasteiger partial charge in [0.15, 0.2) is 0 Å². The van der Waals surface area contributed by atoms with E-state index in [1.807, 2.05) is 6.20 Å². The highest BCUT2D eigenvalue weighted by molar-refractivity contribution is 5.86. The fourth-order valence-corrected chi connectivity index (χ4v) is 0.899. The first-order valence-corrected chi connectivity index (χ1v) is 3.43. The summed E-state index contributed by atoms with van der Waals surface area (Å²) in [4.78, 5) is 4.43. The van der Waals surface area contributed by atoms with Crippen LogP contribution in [0.3, 0.4) is 0 Å². The lowest BCUT2D eigenvalue weighted by Gasteiger charge is -1.93. The van der Waals surface area contributed by atoms with Gasteiger partial charge in [-0.05, 0) is 19.0 Å². The zero-order valence-electron chi connectivity index (χ0n) is 5.30. The van der Waals surface area contributed by atoms with E-state index in [9.17, 15) is 0 Å². The van der Waals surface area contributed by atoms with Crippen molar-refractivity contribution in [3.8, 4) is 0 Å². The van der Waals surface area contributed by atoms with E-state index in [1.165, 1.54) is 12.8 Å². The van der Waals surface area contributed by atoms with Crippen LogP contribution >= 0.6 is 0 Å². The van der Waals surface area contributed by atoms with E-state index >= 15 is 0 Å². The van der Waals surface area contributed by atoms with Crippen LogP contribution in [-0.2, 0) is 0 Å². The fourth-order valence-electron chi connectivity index (χ4n) is 0.899. The molecule has 0 atom stereocenters. The van der Waals surface area contributed by atoms with Crippen LogP contribution in [0.15, 0.2) is 17.3 Å². The first-order valence-electron chi connectivity index (χ1n) is 3.43. The Hall–Kier alpha value is -0.790. The Morgan fingerprint density at radius 1 is 1.56 bits per heavy atom. The highest BCUT2D eigenvalue weighted by atomic mass is 15.0. The molecule has 48 valence electrons. The van der Waals surface area contributed by atoms with E-state index in [-0.39, 0.29) is 0 Å². The maximum Gasteiger partial charge on any atom is 0.104 e. The van der Waals surface area contributed by atoms with Crippen molar-refractivity contribution in [3.63, 3.8) is 0 Å². The molecule has 0 radical (unpaired) electrons. The maximum absolute atomic E-state index is 4.43. The molecule has 2 nitrogen and oxygen atoms in total. The summed E-state index contributed by atoms with van der Waals surface area (Å²) >= 11 is 0. The lowest BCUT2D eigenvalue weighted by atomic mass is 10.4. The molecular formula is C7H10N2. The smallest absolute Gasteiger partial charge is 0.104 e. The predicted molar refractivity (Wildman–Crippen MR) is 37.3 cm³/mol. The Labute approximate surface area is 54.7 Å². The van der Waals surface area contributed by atoms with Crippen molar-refractivity contribution >= 4 is 5.84 Å². The second-order valence-electron chi connectivity index (χ2n) is 2.56. The summed E-state index contributed by atoms with van der Waals surface area (Å²) in [6, 6.07) is 0.660. The molecule has 2 heteroatoms. The highest BCUT2D eigenvalue weighted by Crippen LogP contribution is 2.23. The molecule has 1 heterocycles. The third kappa shape index (κ3) is 1.12. The van der Waals surface area contributed by atoms with Crippen LogP contribution in [0.2, 0.25) is 0 Å². The van der Waals surface area contributed by atoms with Crippen molar-refractivity contribution in [1.82, 2.24) is 5.32 Å². The molecule has 0 spiro atoms. The molecule has 0 aromatic heterocycles. The molecule has 0 unspecified atom stereocenters. The van der Waals surface area contributed by atoms with Crippen LogP contribution < -0.4 is 5.32 Å². The summed E-state index contributed by atoms with van der Waals surface area (Å²) in [5.74, 6) is 1.15. The quantitative estimate of drug-likeness (QED) is 0.552. The van der Waals surface area contributed by atoms with E-state index in [2.05, 4.69) is 16.4 Å². The first-order chi connectivity index (χ1) is 4.45. The van der Waals surface area contributed by atoms with Crippen molar-refractivity contribution in [3.05, 3.63) is 12.3 Å². The third-order valence-corrected chi connectivity index (χ3v) is 1.56. The zero-order valence-corrected chi connectivity index (χ0v) is 5.30. The van der Waals surface area contributed by atoms with Gasteiger partial charge in [-0.15, -0.1) is 0 Å². The standard InChI is InChI=1S/C7H10N2/c1-2-7(8-5-1)9-6-3-4-6/h1,5-6H,2-4H2,(H,8,9). The lowest BCUT2D eigenvalue weighted by molar-refractivity contribution is 1.03. The molecule has 0 aromatic carbocycles. The van der Waals surface area contributed by atoms with E-state index in [0.717, 1.165) is 12.3 Å². The molecule has 9 heavy (non-hydrogen) atoms. The van der Waals surface area contributed by atoms with Crippen LogP contribution in [0.5, 0.6) is 0 Å². The Kier molecular flexibility index (Phi) is 1.04. The summed E-state index contributed by atoms with van der Waals surface area (Å²) in [5, 5.41) is 3.10. The summed E-state index contributed by atoms with van der Waals surface area (Å²) in [6.45, 7) is 0. The SMILES string of the molecule is C1=CNC(=NC2CC2)C1. The van der Waals surface area contributed by atoms with E-state index in [1.54, 1.807) is 0 Å². The average Bonchev–Trinajstić information content (AvgIpc) is 2.46. The van der Waals surface area contributed by atoms with Crippen LogP contribution in [0, 0.1) is 0 Å². The normalized spacial score (nSPS) is 29.1. The van der Waals surface area contributed by atoms with Crippen molar-refractivity contribution in [1.29, 1.82) is 0 Å². The van der Waals surface area contributed by atoms with Gasteiger partial charge in [-0.2, -0.15) is 0 Å².